The molecule has 0 radical (unpaired) electrons. The van der Waals surface area contributed by atoms with E-state index in [2.05, 4.69) is 39.8 Å². The maximum absolute atomic E-state index is 6.33. The van der Waals surface area contributed by atoms with E-state index in [4.69, 9.17) is 4.74 Å². The molecule has 0 heterocycles. The van der Waals surface area contributed by atoms with Crippen molar-refractivity contribution in [2.24, 2.45) is 51.8 Å². The number of ether oxygens (including phenoxy) is 1. The molecule has 1 spiro atoms. The molecule has 200 valence electrons. The Morgan fingerprint density at radius 3 is 2.34 bits per heavy atom. The highest BCUT2D eigenvalue weighted by Crippen LogP contribution is 2.82. The zero-order chi connectivity index (χ0) is 24.7. The van der Waals surface area contributed by atoms with Gasteiger partial charge in [-0.25, -0.2) is 0 Å². The molecule has 1 heteroatoms. The molecule has 0 aromatic heterocycles. The number of allylic oxidation sites excluding steroid dienone is 2. The minimum absolute atomic E-state index is 0.548. The summed E-state index contributed by atoms with van der Waals surface area (Å²) in [6.07, 6.45) is 30.2. The van der Waals surface area contributed by atoms with Crippen LogP contribution < -0.4 is 0 Å². The van der Waals surface area contributed by atoms with Gasteiger partial charge in [0.05, 0.1) is 6.10 Å². The predicted octanol–water partition coefficient (Wildman–Crippen LogP) is 9.99. The van der Waals surface area contributed by atoms with Crippen molar-refractivity contribution in [3.8, 4) is 0 Å². The molecule has 5 rings (SSSR count). The summed E-state index contributed by atoms with van der Waals surface area (Å²) in [4.78, 5) is 0. The maximum Gasteiger partial charge on any atom is 0.0638 e. The van der Waals surface area contributed by atoms with E-state index in [9.17, 15) is 0 Å². The number of unbranched alkanes of at least 4 members (excludes halogenated alkanes) is 8. The molecule has 0 aliphatic heterocycles. The lowest BCUT2D eigenvalue weighted by atomic mass is 9.45. The lowest BCUT2D eigenvalue weighted by Crippen LogP contribution is -2.57. The molecule has 5 saturated carbocycles. The minimum Gasteiger partial charge on any atom is -0.381 e. The molecule has 35 heavy (non-hydrogen) atoms. The van der Waals surface area contributed by atoms with Crippen LogP contribution in [0.4, 0.5) is 0 Å². The highest BCUT2D eigenvalue weighted by molar-refractivity contribution is 5.26. The predicted molar refractivity (Wildman–Crippen MR) is 149 cm³/mol. The van der Waals surface area contributed by atoms with E-state index < -0.39 is 0 Å². The number of fused-ring (bicyclic) bond motifs is 4. The van der Waals surface area contributed by atoms with Crippen LogP contribution in [0.15, 0.2) is 12.2 Å². The summed E-state index contributed by atoms with van der Waals surface area (Å²) in [7, 11) is 2.03. The van der Waals surface area contributed by atoms with Crippen LogP contribution in [0, 0.1) is 51.8 Å². The molecule has 10 atom stereocenters. The molecule has 5 aliphatic carbocycles. The van der Waals surface area contributed by atoms with Crippen LogP contribution in [0.3, 0.4) is 0 Å². The van der Waals surface area contributed by atoms with Gasteiger partial charge in [0.25, 0.3) is 0 Å². The summed E-state index contributed by atoms with van der Waals surface area (Å²) >= 11 is 0. The lowest BCUT2D eigenvalue weighted by molar-refractivity contribution is -0.160. The fraction of sp³-hybridized carbons (Fsp3) is 0.941. The Morgan fingerprint density at radius 1 is 0.886 bits per heavy atom. The average molecular weight is 483 g/mol. The largest absolute Gasteiger partial charge is 0.381 e. The second-order valence-corrected chi connectivity index (χ2v) is 14.5. The molecular weight excluding hydrogens is 424 g/mol. The van der Waals surface area contributed by atoms with Crippen LogP contribution in [0.2, 0.25) is 0 Å². The van der Waals surface area contributed by atoms with E-state index in [0.29, 0.717) is 22.3 Å². The Kier molecular flexibility index (Phi) is 7.86. The first-order valence-corrected chi connectivity index (χ1v) is 16.1. The average Bonchev–Trinajstić information content (AvgIpc) is 3.36. The minimum atomic E-state index is 0.548. The standard InChI is InChI=1S/C34H58O/c1-6-7-8-9-10-11-12-13-14-15-16-25(2)28-17-18-29-27-23-31(35-5)34-24-26(34)19-22-33(34,4)30(27)20-21-32(28,29)3/h15-16,25-31H,6-14,17-24H2,1-5H3/b16-15+/t25-,26-,27+,28-,29+,30+,31-,32-,33-,34+/m1/s1. The number of methoxy groups -OCH3 is 1. The SMILES string of the molecule is CCCCCCCCCC/C=C/[C@@H](C)[C@H]1CC[C@H]2[C@@H]3C[C@@H](OC)[C@]45C[C@H]4CC[C@]5(C)[C@H]3CC[C@]12C. The highest BCUT2D eigenvalue weighted by atomic mass is 16.5. The molecule has 0 saturated heterocycles. The number of rotatable bonds is 12. The van der Waals surface area contributed by atoms with Crippen molar-refractivity contribution >= 4 is 0 Å². The molecule has 0 N–H and O–H groups in total. The van der Waals surface area contributed by atoms with Crippen LogP contribution >= 0.6 is 0 Å². The first kappa shape index (κ1) is 26.3. The molecule has 0 aromatic rings. The number of hydrogen-bond donors (Lipinski definition) is 0. The molecule has 0 aromatic carbocycles. The summed E-state index contributed by atoms with van der Waals surface area (Å²) in [6, 6.07) is 0. The van der Waals surface area contributed by atoms with Crippen molar-refractivity contribution in [1.82, 2.24) is 0 Å². The van der Waals surface area contributed by atoms with Crippen molar-refractivity contribution in [2.75, 3.05) is 7.11 Å². The molecule has 0 unspecified atom stereocenters. The van der Waals surface area contributed by atoms with Crippen LogP contribution in [0.1, 0.15) is 137 Å². The third kappa shape index (κ3) is 4.30. The molecule has 5 aliphatic rings. The fourth-order valence-corrected chi connectivity index (χ4v) is 11.3. The van der Waals surface area contributed by atoms with Gasteiger partial charge in [0.1, 0.15) is 0 Å². The Morgan fingerprint density at radius 2 is 1.63 bits per heavy atom. The Balaban J connectivity index is 1.15. The Hall–Kier alpha value is -0.300. The van der Waals surface area contributed by atoms with E-state index in [0.717, 1.165) is 35.5 Å². The van der Waals surface area contributed by atoms with Crippen molar-refractivity contribution in [3.63, 3.8) is 0 Å². The van der Waals surface area contributed by atoms with Gasteiger partial charge in [-0.1, -0.05) is 84.8 Å². The Labute approximate surface area is 218 Å². The topological polar surface area (TPSA) is 9.23 Å². The van der Waals surface area contributed by atoms with Crippen molar-refractivity contribution in [2.45, 2.75) is 143 Å². The van der Waals surface area contributed by atoms with Crippen molar-refractivity contribution in [3.05, 3.63) is 12.2 Å². The van der Waals surface area contributed by atoms with Crippen LogP contribution in [0.5, 0.6) is 0 Å². The summed E-state index contributed by atoms with van der Waals surface area (Å²) in [5.41, 5.74) is 1.70. The smallest absolute Gasteiger partial charge is 0.0638 e. The Bertz CT molecular complexity index is 741. The molecule has 1 nitrogen and oxygen atoms in total. The quantitative estimate of drug-likeness (QED) is 0.198. The number of hydrogen-bond acceptors (Lipinski definition) is 1. The van der Waals surface area contributed by atoms with E-state index in [1.165, 1.54) is 109 Å². The zero-order valence-corrected chi connectivity index (χ0v) is 24.1. The van der Waals surface area contributed by atoms with Crippen molar-refractivity contribution in [1.29, 1.82) is 0 Å². The van der Waals surface area contributed by atoms with Gasteiger partial charge in [-0.2, -0.15) is 0 Å². The van der Waals surface area contributed by atoms with E-state index in [1.54, 1.807) is 0 Å². The van der Waals surface area contributed by atoms with Gasteiger partial charge in [0.2, 0.25) is 0 Å². The van der Waals surface area contributed by atoms with E-state index in [1.807, 2.05) is 7.11 Å². The summed E-state index contributed by atoms with van der Waals surface area (Å²) < 4.78 is 6.33. The van der Waals surface area contributed by atoms with Gasteiger partial charge in [-0.05, 0) is 111 Å². The van der Waals surface area contributed by atoms with E-state index in [-0.39, 0.29) is 0 Å². The van der Waals surface area contributed by atoms with Crippen LogP contribution in [-0.4, -0.2) is 13.2 Å². The summed E-state index contributed by atoms with van der Waals surface area (Å²) in [6.45, 7) is 10.3. The molecule has 0 bridgehead atoms. The third-order valence-corrected chi connectivity index (χ3v) is 13.2. The normalized spacial score (nSPS) is 46.8. The second kappa shape index (κ2) is 10.5. The zero-order valence-electron chi connectivity index (χ0n) is 24.1. The molecular formula is C34H58O. The molecule has 5 fully saturated rings. The van der Waals surface area contributed by atoms with Gasteiger partial charge >= 0.3 is 0 Å². The third-order valence-electron chi connectivity index (χ3n) is 13.2. The van der Waals surface area contributed by atoms with Crippen LogP contribution in [-0.2, 0) is 4.74 Å². The highest BCUT2D eigenvalue weighted by Gasteiger charge is 2.77. The van der Waals surface area contributed by atoms with Gasteiger partial charge < -0.3 is 4.74 Å². The van der Waals surface area contributed by atoms with Gasteiger partial charge in [-0.15, -0.1) is 0 Å². The monoisotopic (exact) mass is 482 g/mol. The lowest BCUT2D eigenvalue weighted by Gasteiger charge is -2.61. The summed E-state index contributed by atoms with van der Waals surface area (Å²) in [5, 5.41) is 0. The van der Waals surface area contributed by atoms with Gasteiger partial charge in [-0.3, -0.25) is 0 Å². The molecule has 0 amide bonds. The van der Waals surface area contributed by atoms with Crippen molar-refractivity contribution < 1.29 is 4.74 Å². The summed E-state index contributed by atoms with van der Waals surface area (Å²) in [5.74, 6) is 5.48. The van der Waals surface area contributed by atoms with E-state index >= 15 is 0 Å². The maximum atomic E-state index is 6.33. The van der Waals surface area contributed by atoms with Gasteiger partial charge in [0, 0.05) is 12.5 Å². The first-order valence-electron chi connectivity index (χ1n) is 16.1. The van der Waals surface area contributed by atoms with Gasteiger partial charge in [0.15, 0.2) is 0 Å². The fourth-order valence-electron chi connectivity index (χ4n) is 11.3. The first-order chi connectivity index (χ1) is 16.9. The second-order valence-electron chi connectivity index (χ2n) is 14.5. The van der Waals surface area contributed by atoms with Crippen LogP contribution in [0.25, 0.3) is 0 Å².